The molecule has 4 nitrogen and oxygen atoms in total. The topological polar surface area (TPSA) is 54.0 Å². The first-order chi connectivity index (χ1) is 9.93. The van der Waals surface area contributed by atoms with E-state index in [0.717, 1.165) is 12.8 Å². The van der Waals surface area contributed by atoms with Crippen LogP contribution in [-0.4, -0.2) is 29.2 Å². The Hall–Kier alpha value is -0.370. The zero-order valence-corrected chi connectivity index (χ0v) is 15.5. The van der Waals surface area contributed by atoms with Crippen molar-refractivity contribution in [3.05, 3.63) is 22.1 Å². The molecule has 1 amide bonds. The first-order valence-electron chi connectivity index (χ1n) is 6.84. The molecule has 22 heavy (non-hydrogen) atoms. The minimum absolute atomic E-state index is 0. The number of fused-ring (bicyclic) bond motifs is 1. The molecular weight excluding hydrogens is 393 g/mol. The van der Waals surface area contributed by atoms with Crippen LogP contribution < -0.4 is 10.6 Å². The summed E-state index contributed by atoms with van der Waals surface area (Å²) in [6.45, 7) is 2.20. The van der Waals surface area contributed by atoms with Gasteiger partial charge in [0.1, 0.15) is 10.4 Å². The van der Waals surface area contributed by atoms with Crippen LogP contribution in [0.3, 0.4) is 0 Å². The maximum absolute atomic E-state index is 13.6. The number of halogens is 3. The molecule has 1 aliphatic heterocycles. The van der Waals surface area contributed by atoms with Crippen LogP contribution in [0.2, 0.25) is 0 Å². The summed E-state index contributed by atoms with van der Waals surface area (Å²) in [5.41, 5.74) is 0.979. The number of aromatic nitrogens is 1. The normalized spacial score (nSPS) is 28.7. The molecule has 8 heteroatoms. The number of pyridine rings is 1. The average molecular weight is 411 g/mol. The van der Waals surface area contributed by atoms with E-state index in [9.17, 15) is 9.18 Å². The fourth-order valence-corrected chi connectivity index (χ4v) is 3.73. The van der Waals surface area contributed by atoms with Crippen molar-refractivity contribution in [1.29, 1.82) is 0 Å². The van der Waals surface area contributed by atoms with Gasteiger partial charge in [-0.3, -0.25) is 4.79 Å². The average Bonchev–Trinajstić information content (AvgIpc) is 2.93. The summed E-state index contributed by atoms with van der Waals surface area (Å²) in [5.74, 6) is 0.544. The lowest BCUT2D eigenvalue weighted by molar-refractivity contribution is -0.118. The Kier molecular flexibility index (Phi) is 5.42. The Morgan fingerprint density at radius 2 is 2.36 bits per heavy atom. The fourth-order valence-electron chi connectivity index (χ4n) is 2.91. The molecule has 1 aromatic rings. The third-order valence-corrected chi connectivity index (χ3v) is 5.45. The SMILES string of the molecule is CSCc1cc(F)c(Br)nc1NC(=O)C1C[C@@]2(C)C[C@H]2N1.Cl. The molecule has 122 valence electrons. The van der Waals surface area contributed by atoms with Crippen LogP contribution in [-0.2, 0) is 10.5 Å². The zero-order chi connectivity index (χ0) is 15.2. The number of nitrogens with zero attached hydrogens (tertiary/aromatic N) is 1. The van der Waals surface area contributed by atoms with Crippen LogP contribution in [0.4, 0.5) is 10.2 Å². The lowest BCUT2D eigenvalue weighted by Gasteiger charge is -2.16. The third kappa shape index (κ3) is 3.42. The van der Waals surface area contributed by atoms with Gasteiger partial charge in [-0.1, -0.05) is 6.92 Å². The fraction of sp³-hybridized carbons (Fsp3) is 0.571. The second-order valence-electron chi connectivity index (χ2n) is 6.03. The molecule has 3 atom stereocenters. The Labute approximate surface area is 147 Å². The van der Waals surface area contributed by atoms with E-state index < -0.39 is 5.82 Å². The van der Waals surface area contributed by atoms with Crippen LogP contribution >= 0.6 is 40.1 Å². The van der Waals surface area contributed by atoms with Crippen LogP contribution in [0.25, 0.3) is 0 Å². The maximum atomic E-state index is 13.6. The van der Waals surface area contributed by atoms with Crippen molar-refractivity contribution in [1.82, 2.24) is 10.3 Å². The zero-order valence-electron chi connectivity index (χ0n) is 12.3. The number of rotatable bonds is 4. The molecule has 1 aliphatic carbocycles. The number of anilines is 1. The van der Waals surface area contributed by atoms with E-state index in [1.54, 1.807) is 11.8 Å². The number of amides is 1. The minimum atomic E-state index is -0.412. The third-order valence-electron chi connectivity index (χ3n) is 4.29. The van der Waals surface area contributed by atoms with Gasteiger partial charge in [0.2, 0.25) is 5.91 Å². The summed E-state index contributed by atoms with van der Waals surface area (Å²) in [6.07, 6.45) is 3.93. The highest BCUT2D eigenvalue weighted by molar-refractivity contribution is 9.10. The summed E-state index contributed by atoms with van der Waals surface area (Å²) in [6, 6.07) is 1.71. The summed E-state index contributed by atoms with van der Waals surface area (Å²) < 4.78 is 13.7. The standard InChI is InChI=1S/C14H17BrFN3OS.ClH/c1-14-4-9(17-10(14)5-14)13(20)19-12-7(6-21-2)3-8(16)11(15)18-12;/h3,9-10,17H,4-6H2,1-2H3,(H,18,19,20);1H/t9?,10-,14+;/m1./s1. The monoisotopic (exact) mass is 409 g/mol. The Bertz CT molecular complexity index is 606. The van der Waals surface area contributed by atoms with E-state index in [2.05, 4.69) is 38.5 Å². The summed E-state index contributed by atoms with van der Waals surface area (Å²) in [7, 11) is 0. The summed E-state index contributed by atoms with van der Waals surface area (Å²) in [5, 5.41) is 6.18. The summed E-state index contributed by atoms with van der Waals surface area (Å²) in [4.78, 5) is 16.5. The van der Waals surface area contributed by atoms with Crippen LogP contribution in [0.5, 0.6) is 0 Å². The molecule has 1 unspecified atom stereocenters. The van der Waals surface area contributed by atoms with Crippen LogP contribution in [0, 0.1) is 11.2 Å². The number of carbonyl (C=O) groups excluding carboxylic acids is 1. The molecule has 0 aromatic carbocycles. The van der Waals surface area contributed by atoms with Gasteiger partial charge in [0.25, 0.3) is 0 Å². The number of hydrogen-bond acceptors (Lipinski definition) is 4. The van der Waals surface area contributed by atoms with Gasteiger partial charge in [-0.15, -0.1) is 12.4 Å². The number of thioether (sulfide) groups is 1. The summed E-state index contributed by atoms with van der Waals surface area (Å²) >= 11 is 4.63. The van der Waals surface area contributed by atoms with E-state index in [1.807, 2.05) is 6.26 Å². The molecule has 1 saturated carbocycles. The number of piperidine rings is 1. The molecule has 0 spiro atoms. The Balaban J connectivity index is 0.00000176. The highest BCUT2D eigenvalue weighted by atomic mass is 79.9. The van der Waals surface area contributed by atoms with Crippen molar-refractivity contribution in [2.75, 3.05) is 11.6 Å². The van der Waals surface area contributed by atoms with Gasteiger partial charge in [0.05, 0.1) is 6.04 Å². The van der Waals surface area contributed by atoms with Gasteiger partial charge in [-0.25, -0.2) is 9.37 Å². The molecule has 1 saturated heterocycles. The molecule has 2 fully saturated rings. The molecule has 2 heterocycles. The molecule has 0 bridgehead atoms. The second-order valence-corrected chi connectivity index (χ2v) is 7.64. The lowest BCUT2D eigenvalue weighted by atomic mass is 10.0. The predicted molar refractivity (Wildman–Crippen MR) is 93.0 cm³/mol. The predicted octanol–water partition coefficient (Wildman–Crippen LogP) is 3.35. The van der Waals surface area contributed by atoms with Crippen molar-refractivity contribution in [3.8, 4) is 0 Å². The van der Waals surface area contributed by atoms with Crippen LogP contribution in [0.15, 0.2) is 10.7 Å². The van der Waals surface area contributed by atoms with Gasteiger partial charge in [0.15, 0.2) is 5.82 Å². The molecule has 2 N–H and O–H groups in total. The van der Waals surface area contributed by atoms with Crippen molar-refractivity contribution in [3.63, 3.8) is 0 Å². The number of hydrogen-bond donors (Lipinski definition) is 2. The van der Waals surface area contributed by atoms with Gasteiger partial charge in [-0.05, 0) is 46.5 Å². The maximum Gasteiger partial charge on any atom is 0.242 e. The van der Waals surface area contributed by atoms with Gasteiger partial charge in [-0.2, -0.15) is 11.8 Å². The highest BCUT2D eigenvalue weighted by Gasteiger charge is 2.58. The highest BCUT2D eigenvalue weighted by Crippen LogP contribution is 2.53. The van der Waals surface area contributed by atoms with Gasteiger partial charge < -0.3 is 10.6 Å². The first-order valence-corrected chi connectivity index (χ1v) is 9.02. The van der Waals surface area contributed by atoms with E-state index in [-0.39, 0.29) is 34.4 Å². The largest absolute Gasteiger partial charge is 0.309 e. The Morgan fingerprint density at radius 1 is 1.64 bits per heavy atom. The van der Waals surface area contributed by atoms with E-state index in [1.165, 1.54) is 6.07 Å². The quantitative estimate of drug-likeness (QED) is 0.748. The van der Waals surface area contributed by atoms with Gasteiger partial charge in [0, 0.05) is 17.4 Å². The van der Waals surface area contributed by atoms with Crippen molar-refractivity contribution in [2.24, 2.45) is 5.41 Å². The van der Waals surface area contributed by atoms with E-state index in [0.29, 0.717) is 23.2 Å². The van der Waals surface area contributed by atoms with Crippen LogP contribution in [0.1, 0.15) is 25.3 Å². The second kappa shape index (κ2) is 6.63. The molecule has 3 rings (SSSR count). The molecular formula is C14H18BrClFN3OS. The number of nitrogens with one attached hydrogen (secondary N) is 2. The molecule has 0 radical (unpaired) electrons. The molecule has 2 aliphatic rings. The number of carbonyl (C=O) groups is 1. The van der Waals surface area contributed by atoms with Crippen molar-refractivity contribution >= 4 is 51.8 Å². The molecule has 1 aromatic heterocycles. The van der Waals surface area contributed by atoms with E-state index >= 15 is 0 Å². The van der Waals surface area contributed by atoms with E-state index in [4.69, 9.17) is 0 Å². The smallest absolute Gasteiger partial charge is 0.242 e. The van der Waals surface area contributed by atoms with Gasteiger partial charge >= 0.3 is 0 Å². The Morgan fingerprint density at radius 3 is 2.95 bits per heavy atom. The lowest BCUT2D eigenvalue weighted by Crippen LogP contribution is -2.38. The van der Waals surface area contributed by atoms with Crippen molar-refractivity contribution in [2.45, 2.75) is 37.6 Å². The first kappa shape index (κ1) is 18.0. The minimum Gasteiger partial charge on any atom is -0.309 e. The van der Waals surface area contributed by atoms with Crippen molar-refractivity contribution < 1.29 is 9.18 Å².